The average Bonchev–Trinajstić information content (AvgIpc) is 2.89. The monoisotopic (exact) mass is 566 g/mol. The maximum Gasteiger partial charge on any atom is 0.317 e. The summed E-state index contributed by atoms with van der Waals surface area (Å²) in [6.45, 7) is 2.48. The molecule has 15 heteroatoms. The molecule has 0 bridgehead atoms. The fourth-order valence-corrected chi connectivity index (χ4v) is 4.16. The highest BCUT2D eigenvalue weighted by Gasteiger charge is 2.21. The number of rotatable bonds is 14. The topological polar surface area (TPSA) is 192 Å². The first-order chi connectivity index (χ1) is 19.1. The van der Waals surface area contributed by atoms with E-state index in [0.717, 1.165) is 11.1 Å². The Hall–Kier alpha value is -3.63. The summed E-state index contributed by atoms with van der Waals surface area (Å²) in [4.78, 5) is 69.0. The van der Waals surface area contributed by atoms with Crippen molar-refractivity contribution in [3.8, 4) is 0 Å². The van der Waals surface area contributed by atoms with Crippen molar-refractivity contribution in [3.63, 3.8) is 0 Å². The standard InChI is InChI=1S/C25H38N6O9/c32-19-27-40-18-21-3-1-20(2-4-21)13-26-22(33)14-28-5-7-29(15-23(34)35)9-11-31(17-25(38)39)12-10-30(8-6-28)16-24(36)37/h1-4,19H,5-18H2,(H,26,33)(H,27,32)(H,34,35)(H,36,37)(H,38,39). The summed E-state index contributed by atoms with van der Waals surface area (Å²) >= 11 is 0. The Morgan fingerprint density at radius 1 is 0.675 bits per heavy atom. The fourth-order valence-electron chi connectivity index (χ4n) is 4.16. The van der Waals surface area contributed by atoms with Crippen LogP contribution in [0.3, 0.4) is 0 Å². The van der Waals surface area contributed by atoms with Crippen LogP contribution >= 0.6 is 0 Å². The Morgan fingerprint density at radius 3 is 1.43 bits per heavy atom. The van der Waals surface area contributed by atoms with Gasteiger partial charge in [0, 0.05) is 58.9 Å². The van der Waals surface area contributed by atoms with Gasteiger partial charge in [-0.2, -0.15) is 0 Å². The maximum absolute atomic E-state index is 12.8. The molecular formula is C25H38N6O9. The van der Waals surface area contributed by atoms with E-state index in [2.05, 4.69) is 10.8 Å². The number of nitrogens with one attached hydrogen (secondary N) is 2. The minimum absolute atomic E-state index is 0.0379. The van der Waals surface area contributed by atoms with Gasteiger partial charge in [-0.25, -0.2) is 5.48 Å². The van der Waals surface area contributed by atoms with Crippen LogP contribution in [0.15, 0.2) is 24.3 Å². The summed E-state index contributed by atoms with van der Waals surface area (Å²) in [5.41, 5.74) is 3.82. The van der Waals surface area contributed by atoms with Gasteiger partial charge < -0.3 is 20.6 Å². The summed E-state index contributed by atoms with van der Waals surface area (Å²) in [6.07, 6.45) is 0.436. The van der Waals surface area contributed by atoms with Gasteiger partial charge in [-0.1, -0.05) is 24.3 Å². The predicted molar refractivity (Wildman–Crippen MR) is 141 cm³/mol. The van der Waals surface area contributed by atoms with Crippen LogP contribution in [0.25, 0.3) is 0 Å². The first kappa shape index (κ1) is 32.6. The summed E-state index contributed by atoms with van der Waals surface area (Å²) in [6, 6.07) is 7.29. The van der Waals surface area contributed by atoms with Gasteiger partial charge in [0.25, 0.3) is 0 Å². The zero-order valence-corrected chi connectivity index (χ0v) is 22.4. The van der Waals surface area contributed by atoms with E-state index in [0.29, 0.717) is 58.8 Å². The molecule has 15 nitrogen and oxygen atoms in total. The molecule has 1 aromatic rings. The van der Waals surface area contributed by atoms with Gasteiger partial charge in [0.2, 0.25) is 12.3 Å². The number of amides is 2. The minimum atomic E-state index is -1.02. The van der Waals surface area contributed by atoms with Gasteiger partial charge in [0.15, 0.2) is 0 Å². The lowest BCUT2D eigenvalue weighted by molar-refractivity contribution is -0.140. The molecule has 1 fully saturated rings. The fraction of sp³-hybridized carbons (Fsp3) is 0.560. The zero-order valence-electron chi connectivity index (χ0n) is 22.4. The van der Waals surface area contributed by atoms with Crippen LogP contribution in [0.5, 0.6) is 0 Å². The molecule has 1 heterocycles. The number of aliphatic carboxylic acids is 3. The van der Waals surface area contributed by atoms with Gasteiger partial charge in [0.05, 0.1) is 32.8 Å². The van der Waals surface area contributed by atoms with Gasteiger partial charge in [-0.05, 0) is 11.1 Å². The van der Waals surface area contributed by atoms with Gasteiger partial charge in [0.1, 0.15) is 0 Å². The van der Waals surface area contributed by atoms with Crippen molar-refractivity contribution in [2.24, 2.45) is 0 Å². The lowest BCUT2D eigenvalue weighted by atomic mass is 10.1. The second-order valence-electron chi connectivity index (χ2n) is 9.40. The predicted octanol–water partition coefficient (Wildman–Crippen LogP) is -2.04. The van der Waals surface area contributed by atoms with E-state index in [-0.39, 0.29) is 45.2 Å². The molecule has 2 rings (SSSR count). The van der Waals surface area contributed by atoms with Crippen LogP contribution in [-0.4, -0.2) is 144 Å². The minimum Gasteiger partial charge on any atom is -0.480 e. The first-order valence-electron chi connectivity index (χ1n) is 12.8. The van der Waals surface area contributed by atoms with Crippen molar-refractivity contribution in [2.45, 2.75) is 13.2 Å². The number of benzene rings is 1. The largest absolute Gasteiger partial charge is 0.480 e. The number of carboxylic acids is 3. The van der Waals surface area contributed by atoms with Crippen LogP contribution in [0.1, 0.15) is 11.1 Å². The molecule has 0 saturated carbocycles. The van der Waals surface area contributed by atoms with Gasteiger partial charge >= 0.3 is 17.9 Å². The summed E-state index contributed by atoms with van der Waals surface area (Å²) < 4.78 is 0. The third-order valence-corrected chi connectivity index (χ3v) is 6.26. The number of carbonyl (C=O) groups is 5. The van der Waals surface area contributed by atoms with Gasteiger partial charge in [-0.3, -0.25) is 48.4 Å². The molecule has 1 aliphatic heterocycles. The summed E-state index contributed by atoms with van der Waals surface area (Å²) in [5.74, 6) is -3.27. The van der Waals surface area contributed by atoms with E-state index >= 15 is 0 Å². The number of hydroxylamine groups is 1. The molecule has 0 radical (unpaired) electrons. The highest BCUT2D eigenvalue weighted by Crippen LogP contribution is 2.06. The normalized spacial score (nSPS) is 16.8. The smallest absolute Gasteiger partial charge is 0.317 e. The third kappa shape index (κ3) is 14.0. The van der Waals surface area contributed by atoms with E-state index < -0.39 is 17.9 Å². The molecule has 0 spiro atoms. The summed E-state index contributed by atoms with van der Waals surface area (Å²) in [7, 11) is 0. The SMILES string of the molecule is O=CNOCc1ccc(CNC(=O)CN2CCN(CC(=O)O)CCN(CC(=O)O)CCN(CC(=O)O)CC2)cc1. The van der Waals surface area contributed by atoms with Crippen LogP contribution in [0.2, 0.25) is 0 Å². The molecule has 40 heavy (non-hydrogen) atoms. The van der Waals surface area contributed by atoms with E-state index in [1.165, 1.54) is 0 Å². The van der Waals surface area contributed by atoms with Crippen molar-refractivity contribution >= 4 is 30.2 Å². The number of hydrogen-bond acceptors (Lipinski definition) is 10. The van der Waals surface area contributed by atoms with Crippen molar-refractivity contribution in [1.29, 1.82) is 0 Å². The Morgan fingerprint density at radius 2 is 1.05 bits per heavy atom. The number of carboxylic acid groups (broad SMARTS) is 3. The Bertz CT molecular complexity index is 946. The quantitative estimate of drug-likeness (QED) is 0.0940. The Kier molecular flexibility index (Phi) is 14.5. The van der Waals surface area contributed by atoms with Crippen molar-refractivity contribution in [1.82, 2.24) is 30.4 Å². The first-order valence-corrected chi connectivity index (χ1v) is 12.8. The van der Waals surface area contributed by atoms with E-state index in [4.69, 9.17) is 4.84 Å². The molecule has 0 unspecified atom stereocenters. The van der Waals surface area contributed by atoms with Crippen molar-refractivity contribution in [3.05, 3.63) is 35.4 Å². The molecule has 0 aromatic heterocycles. The van der Waals surface area contributed by atoms with E-state index in [1.807, 2.05) is 29.2 Å². The molecule has 0 aliphatic carbocycles. The second-order valence-corrected chi connectivity index (χ2v) is 9.40. The van der Waals surface area contributed by atoms with Crippen LogP contribution in [0, 0.1) is 0 Å². The molecule has 1 aliphatic rings. The number of nitrogens with zero attached hydrogens (tertiary/aromatic N) is 4. The molecule has 5 N–H and O–H groups in total. The van der Waals surface area contributed by atoms with Crippen LogP contribution in [0.4, 0.5) is 0 Å². The Balaban J connectivity index is 2.01. The molecule has 0 atom stereocenters. The van der Waals surface area contributed by atoms with E-state index in [9.17, 15) is 39.3 Å². The average molecular weight is 567 g/mol. The van der Waals surface area contributed by atoms with E-state index in [1.54, 1.807) is 14.7 Å². The van der Waals surface area contributed by atoms with Crippen molar-refractivity contribution < 1.29 is 44.1 Å². The summed E-state index contributed by atoms with van der Waals surface area (Å²) in [5, 5.41) is 30.8. The molecule has 222 valence electrons. The lowest BCUT2D eigenvalue weighted by Gasteiger charge is -2.32. The van der Waals surface area contributed by atoms with Crippen LogP contribution in [-0.2, 0) is 42.0 Å². The maximum atomic E-state index is 12.8. The highest BCUT2D eigenvalue weighted by molar-refractivity contribution is 5.78. The number of hydrogen-bond donors (Lipinski definition) is 5. The molecule has 1 saturated heterocycles. The number of carbonyl (C=O) groups excluding carboxylic acids is 2. The lowest BCUT2D eigenvalue weighted by Crippen LogP contribution is -2.49. The zero-order chi connectivity index (χ0) is 29.3. The molecule has 1 aromatic carbocycles. The molecular weight excluding hydrogens is 528 g/mol. The van der Waals surface area contributed by atoms with Gasteiger partial charge in [-0.15, -0.1) is 0 Å². The van der Waals surface area contributed by atoms with Crippen molar-refractivity contribution in [2.75, 3.05) is 78.5 Å². The molecule has 2 amide bonds. The third-order valence-electron chi connectivity index (χ3n) is 6.26. The second kappa shape index (κ2) is 17.9. The Labute approximate surface area is 232 Å². The van der Waals surface area contributed by atoms with Crippen LogP contribution < -0.4 is 10.8 Å². The highest BCUT2D eigenvalue weighted by atomic mass is 16.6.